The number of rotatable bonds is 12. The lowest BCUT2D eigenvalue weighted by atomic mass is 9.99. The highest BCUT2D eigenvalue weighted by Gasteiger charge is 2.26. The van der Waals surface area contributed by atoms with Crippen molar-refractivity contribution in [3.63, 3.8) is 0 Å². The van der Waals surface area contributed by atoms with Crippen LogP contribution >= 0.6 is 0 Å². The third-order valence-electron chi connectivity index (χ3n) is 10.8. The Morgan fingerprint density at radius 3 is 2.18 bits per heavy atom. The van der Waals surface area contributed by atoms with Gasteiger partial charge in [-0.25, -0.2) is 18.4 Å². The molecule has 0 spiro atoms. The molecular weight excluding hydrogens is 725 g/mol. The fourth-order valence-corrected chi connectivity index (χ4v) is 8.77. The standard InChI is InChI=1S/C43H44N8O4S/c52-51(53)42-28-37(16-18-40(42)46-35-19-21-48(22-20-35)29-32-9-3-1-4-10-32)56(54,55)47-43-39-17-15-36(27-41(39)44-31-45-43)50-25-23-49(24-26-50)30-34-13-7-8-14-38(34)33-11-5-2-6-12-33/h1-18,27-28,31,35,46H,19-26,29-30H2,(H,44,45,47). The van der Waals surface area contributed by atoms with Crippen molar-refractivity contribution in [3.8, 4) is 11.1 Å². The summed E-state index contributed by atoms with van der Waals surface area (Å²) in [6, 6.07) is 39.1. The molecule has 13 heteroatoms. The van der Waals surface area contributed by atoms with Gasteiger partial charge < -0.3 is 10.2 Å². The third kappa shape index (κ3) is 8.50. The van der Waals surface area contributed by atoms with E-state index in [1.165, 1.54) is 40.7 Å². The van der Waals surface area contributed by atoms with Gasteiger partial charge in [0.15, 0.2) is 5.82 Å². The molecule has 2 saturated heterocycles. The first-order valence-corrected chi connectivity index (χ1v) is 20.5. The van der Waals surface area contributed by atoms with Gasteiger partial charge in [-0.2, -0.15) is 0 Å². The van der Waals surface area contributed by atoms with Crippen molar-refractivity contribution in [2.24, 2.45) is 0 Å². The highest BCUT2D eigenvalue weighted by Crippen LogP contribution is 2.32. The van der Waals surface area contributed by atoms with Crippen LogP contribution in [0.4, 0.5) is 22.9 Å². The molecule has 2 aliphatic heterocycles. The van der Waals surface area contributed by atoms with Crippen LogP contribution in [0.3, 0.4) is 0 Å². The van der Waals surface area contributed by atoms with E-state index in [2.05, 4.69) is 95.4 Å². The Labute approximate surface area is 327 Å². The Morgan fingerprint density at radius 1 is 0.732 bits per heavy atom. The zero-order chi connectivity index (χ0) is 38.5. The van der Waals surface area contributed by atoms with E-state index in [-0.39, 0.29) is 22.4 Å². The molecule has 2 N–H and O–H groups in total. The van der Waals surface area contributed by atoms with Crippen LogP contribution in [0, 0.1) is 10.1 Å². The average Bonchev–Trinajstić information content (AvgIpc) is 3.22. The minimum atomic E-state index is -4.23. The minimum Gasteiger partial charge on any atom is -0.377 e. The second-order valence-corrected chi connectivity index (χ2v) is 16.1. The Kier molecular flexibility index (Phi) is 10.9. The first kappa shape index (κ1) is 37.1. The number of sulfonamides is 1. The maximum atomic E-state index is 13.7. The average molecular weight is 769 g/mol. The number of fused-ring (bicyclic) bond motifs is 1. The van der Waals surface area contributed by atoms with Crippen LogP contribution in [-0.2, 0) is 23.1 Å². The van der Waals surface area contributed by atoms with Crippen LogP contribution in [0.15, 0.2) is 133 Å². The van der Waals surface area contributed by atoms with E-state index in [0.717, 1.165) is 77.0 Å². The van der Waals surface area contributed by atoms with E-state index in [4.69, 9.17) is 0 Å². The molecule has 8 rings (SSSR count). The number of benzene rings is 5. The fourth-order valence-electron chi connectivity index (χ4n) is 7.72. The SMILES string of the molecule is O=[N+]([O-])c1cc(S(=O)(=O)Nc2ncnc3cc(N4CCN(Cc5ccccc5-c5ccccc5)CC4)ccc23)ccc1NC1CCN(Cc2ccccc2)CC1. The van der Waals surface area contributed by atoms with Crippen molar-refractivity contribution in [1.82, 2.24) is 19.8 Å². The summed E-state index contributed by atoms with van der Waals surface area (Å²) in [7, 11) is -4.23. The number of anilines is 3. The molecule has 0 bridgehead atoms. The Balaban J connectivity index is 0.907. The van der Waals surface area contributed by atoms with Crippen LogP contribution in [0.2, 0.25) is 0 Å². The van der Waals surface area contributed by atoms with Crippen molar-refractivity contribution < 1.29 is 13.3 Å². The molecule has 2 aliphatic rings. The van der Waals surface area contributed by atoms with E-state index in [1.807, 2.05) is 42.5 Å². The first-order chi connectivity index (χ1) is 27.3. The number of nitrogens with one attached hydrogen (secondary N) is 2. The van der Waals surface area contributed by atoms with Gasteiger partial charge in [0.05, 0.1) is 15.3 Å². The molecule has 2 fully saturated rings. The van der Waals surface area contributed by atoms with Gasteiger partial charge in [0.1, 0.15) is 12.0 Å². The maximum Gasteiger partial charge on any atom is 0.293 e. The van der Waals surface area contributed by atoms with E-state index in [0.29, 0.717) is 16.6 Å². The summed E-state index contributed by atoms with van der Waals surface area (Å²) in [6.07, 6.45) is 2.95. The number of hydrogen-bond acceptors (Lipinski definition) is 10. The molecule has 0 unspecified atom stereocenters. The summed E-state index contributed by atoms with van der Waals surface area (Å²) < 4.78 is 29.9. The van der Waals surface area contributed by atoms with Gasteiger partial charge in [-0.15, -0.1) is 0 Å². The lowest BCUT2D eigenvalue weighted by molar-refractivity contribution is -0.384. The number of piperidine rings is 1. The van der Waals surface area contributed by atoms with Crippen molar-refractivity contribution in [1.29, 1.82) is 0 Å². The Hall–Kier alpha value is -5.89. The molecule has 286 valence electrons. The minimum absolute atomic E-state index is 0.0323. The lowest BCUT2D eigenvalue weighted by Crippen LogP contribution is -2.46. The normalized spacial score (nSPS) is 15.8. The number of hydrogen-bond donors (Lipinski definition) is 2. The van der Waals surface area contributed by atoms with Gasteiger partial charge in [0, 0.05) is 75.5 Å². The molecular formula is C43H44N8O4S. The van der Waals surface area contributed by atoms with Gasteiger partial charge in [-0.05, 0) is 65.4 Å². The summed E-state index contributed by atoms with van der Waals surface area (Å²) in [6.45, 7) is 6.89. The maximum absolute atomic E-state index is 13.7. The summed E-state index contributed by atoms with van der Waals surface area (Å²) in [4.78, 5) is 27.3. The molecule has 3 heterocycles. The quantitative estimate of drug-likeness (QED) is 0.0957. The van der Waals surface area contributed by atoms with E-state index < -0.39 is 14.9 Å². The lowest BCUT2D eigenvalue weighted by Gasteiger charge is -2.36. The molecule has 0 saturated carbocycles. The van der Waals surface area contributed by atoms with Crippen LogP contribution < -0.4 is 14.9 Å². The number of nitro groups is 1. The smallest absolute Gasteiger partial charge is 0.293 e. The highest BCUT2D eigenvalue weighted by molar-refractivity contribution is 7.92. The number of nitro benzene ring substituents is 1. The summed E-state index contributed by atoms with van der Waals surface area (Å²) in [5, 5.41) is 16.0. The topological polar surface area (TPSA) is 137 Å². The summed E-state index contributed by atoms with van der Waals surface area (Å²) in [5.74, 6) is 0.107. The van der Waals surface area contributed by atoms with Gasteiger partial charge in [-0.1, -0.05) is 84.9 Å². The number of nitrogens with zero attached hydrogens (tertiary/aromatic N) is 6. The first-order valence-electron chi connectivity index (χ1n) is 19.0. The molecule has 0 aliphatic carbocycles. The largest absolute Gasteiger partial charge is 0.377 e. The number of piperazine rings is 1. The van der Waals surface area contributed by atoms with E-state index in [1.54, 1.807) is 0 Å². The monoisotopic (exact) mass is 768 g/mol. The predicted molar refractivity (Wildman–Crippen MR) is 221 cm³/mol. The van der Waals surface area contributed by atoms with Crippen molar-refractivity contribution in [3.05, 3.63) is 149 Å². The molecule has 12 nitrogen and oxygen atoms in total. The van der Waals surface area contributed by atoms with Crippen molar-refractivity contribution >= 4 is 43.8 Å². The molecule has 0 atom stereocenters. The molecule has 56 heavy (non-hydrogen) atoms. The molecule has 6 aromatic rings. The van der Waals surface area contributed by atoms with Gasteiger partial charge in [0.25, 0.3) is 15.7 Å². The van der Waals surface area contributed by atoms with E-state index in [9.17, 15) is 18.5 Å². The third-order valence-corrected chi connectivity index (χ3v) is 12.1. The Morgan fingerprint density at radius 2 is 1.43 bits per heavy atom. The van der Waals surface area contributed by atoms with Gasteiger partial charge in [-0.3, -0.25) is 24.6 Å². The van der Waals surface area contributed by atoms with Gasteiger partial charge >= 0.3 is 0 Å². The summed E-state index contributed by atoms with van der Waals surface area (Å²) >= 11 is 0. The number of aromatic nitrogens is 2. The van der Waals surface area contributed by atoms with E-state index >= 15 is 0 Å². The van der Waals surface area contributed by atoms with Crippen LogP contribution in [0.5, 0.6) is 0 Å². The molecule has 1 aromatic heterocycles. The highest BCUT2D eigenvalue weighted by atomic mass is 32.2. The van der Waals surface area contributed by atoms with Crippen LogP contribution in [-0.4, -0.2) is 78.4 Å². The predicted octanol–water partition coefficient (Wildman–Crippen LogP) is 7.40. The van der Waals surface area contributed by atoms with Crippen molar-refractivity contribution in [2.45, 2.75) is 36.9 Å². The zero-order valence-corrected chi connectivity index (χ0v) is 31.8. The van der Waals surface area contributed by atoms with Crippen LogP contribution in [0.25, 0.3) is 22.0 Å². The van der Waals surface area contributed by atoms with Crippen LogP contribution in [0.1, 0.15) is 24.0 Å². The Bertz CT molecular complexity index is 2420. The molecule has 0 amide bonds. The van der Waals surface area contributed by atoms with Crippen molar-refractivity contribution in [2.75, 3.05) is 54.2 Å². The number of likely N-dealkylation sites (tertiary alicyclic amines) is 1. The molecule has 5 aromatic carbocycles. The van der Waals surface area contributed by atoms with Gasteiger partial charge in [0.2, 0.25) is 0 Å². The zero-order valence-electron chi connectivity index (χ0n) is 31.0. The molecule has 0 radical (unpaired) electrons. The summed E-state index contributed by atoms with van der Waals surface area (Å²) in [5.41, 5.74) is 6.62. The second-order valence-electron chi connectivity index (χ2n) is 14.4. The second kappa shape index (κ2) is 16.5. The fraction of sp³-hybridized carbons (Fsp3) is 0.256.